The van der Waals surface area contributed by atoms with Crippen molar-refractivity contribution in [2.45, 2.75) is 51.7 Å². The zero-order chi connectivity index (χ0) is 22.8. The van der Waals surface area contributed by atoms with Crippen molar-refractivity contribution in [2.24, 2.45) is 0 Å². The Hall–Kier alpha value is -2.60. The predicted octanol–water partition coefficient (Wildman–Crippen LogP) is 5.31. The molecule has 3 rings (SSSR count). The molecule has 2 atom stereocenters. The summed E-state index contributed by atoms with van der Waals surface area (Å²) in [6.45, 7) is 8.13. The van der Waals surface area contributed by atoms with Gasteiger partial charge in [-0.1, -0.05) is 17.7 Å². The van der Waals surface area contributed by atoms with Crippen molar-refractivity contribution in [1.29, 1.82) is 0 Å². The van der Waals surface area contributed by atoms with Crippen LogP contribution in [0.5, 0.6) is 0 Å². The maximum Gasteiger partial charge on any atom is 0.410 e. The summed E-state index contributed by atoms with van der Waals surface area (Å²) in [5, 5.41) is 3.66. The van der Waals surface area contributed by atoms with E-state index in [9.17, 15) is 14.0 Å². The summed E-state index contributed by atoms with van der Waals surface area (Å²) in [6.07, 6.45) is 0.166. The van der Waals surface area contributed by atoms with Gasteiger partial charge in [0.15, 0.2) is 0 Å². The smallest absolute Gasteiger partial charge is 0.410 e. The summed E-state index contributed by atoms with van der Waals surface area (Å²) in [6, 6.07) is 11.1. The lowest BCUT2D eigenvalue weighted by molar-refractivity contribution is 0.0176. The molecule has 1 aliphatic heterocycles. The van der Waals surface area contributed by atoms with E-state index in [4.69, 9.17) is 16.3 Å². The van der Waals surface area contributed by atoms with Crippen LogP contribution in [0.2, 0.25) is 5.02 Å². The molecule has 1 heterocycles. The van der Waals surface area contributed by atoms with E-state index in [1.807, 2.05) is 27.7 Å². The number of ether oxygens (including phenoxy) is 1. The molecule has 0 saturated carbocycles. The van der Waals surface area contributed by atoms with E-state index in [0.717, 1.165) is 11.1 Å². The number of halogens is 2. The van der Waals surface area contributed by atoms with E-state index in [1.54, 1.807) is 35.2 Å². The molecule has 2 unspecified atom stereocenters. The predicted molar refractivity (Wildman–Crippen MR) is 119 cm³/mol. The number of amides is 2. The van der Waals surface area contributed by atoms with Crippen molar-refractivity contribution in [3.05, 3.63) is 70.0 Å². The third kappa shape index (κ3) is 5.97. The second kappa shape index (κ2) is 9.27. The topological polar surface area (TPSA) is 58.6 Å². The number of benzene rings is 2. The van der Waals surface area contributed by atoms with Gasteiger partial charge in [0.05, 0.1) is 0 Å². The number of piperidine rings is 1. The van der Waals surface area contributed by atoms with E-state index in [2.05, 4.69) is 5.32 Å². The molecule has 5 nitrogen and oxygen atoms in total. The Balaban J connectivity index is 1.84. The molecule has 0 bridgehead atoms. The highest BCUT2D eigenvalue weighted by molar-refractivity contribution is 6.30. The molecule has 0 aromatic heterocycles. The Bertz CT molecular complexity index is 956. The molecule has 2 aromatic rings. The number of rotatable bonds is 3. The van der Waals surface area contributed by atoms with Crippen LogP contribution in [0.25, 0.3) is 0 Å². The van der Waals surface area contributed by atoms with E-state index in [1.165, 1.54) is 12.1 Å². The maximum atomic E-state index is 13.7. The number of hydrogen-bond donors (Lipinski definition) is 1. The van der Waals surface area contributed by atoms with Crippen LogP contribution >= 0.6 is 11.6 Å². The van der Waals surface area contributed by atoms with Crippen LogP contribution in [-0.4, -0.2) is 41.6 Å². The summed E-state index contributed by atoms with van der Waals surface area (Å²) < 4.78 is 19.2. The molecule has 2 amide bonds. The van der Waals surface area contributed by atoms with E-state index >= 15 is 0 Å². The van der Waals surface area contributed by atoms with E-state index < -0.39 is 5.60 Å². The highest BCUT2D eigenvalue weighted by Gasteiger charge is 2.36. The van der Waals surface area contributed by atoms with Gasteiger partial charge in [-0.3, -0.25) is 4.79 Å². The number of hydrogen-bond acceptors (Lipinski definition) is 3. The Morgan fingerprint density at radius 1 is 1.16 bits per heavy atom. The molecule has 0 radical (unpaired) electrons. The Kier molecular flexibility index (Phi) is 6.90. The van der Waals surface area contributed by atoms with E-state index in [0.29, 0.717) is 30.1 Å². The van der Waals surface area contributed by atoms with Gasteiger partial charge in [-0.2, -0.15) is 0 Å². The van der Waals surface area contributed by atoms with Crippen molar-refractivity contribution in [3.8, 4) is 0 Å². The Morgan fingerprint density at radius 3 is 2.45 bits per heavy atom. The zero-order valence-corrected chi connectivity index (χ0v) is 19.0. The molecule has 0 aliphatic carbocycles. The third-order valence-corrected chi connectivity index (χ3v) is 5.57. The quantitative estimate of drug-likeness (QED) is 0.695. The number of nitrogens with zero attached hydrogens (tertiary/aromatic N) is 1. The first-order valence-electron chi connectivity index (χ1n) is 10.3. The lowest BCUT2D eigenvalue weighted by Crippen LogP contribution is -2.52. The van der Waals surface area contributed by atoms with Crippen LogP contribution in [0.1, 0.15) is 54.6 Å². The highest BCUT2D eigenvalue weighted by Crippen LogP contribution is 2.31. The number of carbonyl (C=O) groups is 2. The fourth-order valence-corrected chi connectivity index (χ4v) is 3.97. The van der Waals surface area contributed by atoms with Crippen LogP contribution in [0.3, 0.4) is 0 Å². The van der Waals surface area contributed by atoms with Gasteiger partial charge in [-0.15, -0.1) is 0 Å². The lowest BCUT2D eigenvalue weighted by atomic mass is 9.83. The van der Waals surface area contributed by atoms with Crippen LogP contribution < -0.4 is 5.32 Å². The summed E-state index contributed by atoms with van der Waals surface area (Å²) in [7, 11) is 0. The molecule has 31 heavy (non-hydrogen) atoms. The average molecular weight is 447 g/mol. The van der Waals surface area contributed by atoms with Gasteiger partial charge in [-0.05, 0) is 81.6 Å². The molecule has 7 heteroatoms. The molecular formula is C24H28ClFN2O3. The molecule has 1 aliphatic rings. The lowest BCUT2D eigenvalue weighted by Gasteiger charge is -2.40. The first kappa shape index (κ1) is 23.1. The summed E-state index contributed by atoms with van der Waals surface area (Å²) in [5.74, 6) is -0.724. The SMILES string of the molecule is Cc1cc(F)ccc1C1CN(C(=O)OC(C)(C)C)CCC1NC(=O)c1ccc(Cl)cc1. The fourth-order valence-electron chi connectivity index (χ4n) is 3.84. The van der Waals surface area contributed by atoms with E-state index in [-0.39, 0.29) is 29.8 Å². The van der Waals surface area contributed by atoms with Crippen LogP contribution in [0.15, 0.2) is 42.5 Å². The van der Waals surface area contributed by atoms with Crippen molar-refractivity contribution in [1.82, 2.24) is 10.2 Å². The maximum absolute atomic E-state index is 13.7. The Labute approximate surface area is 187 Å². The molecule has 1 saturated heterocycles. The van der Waals surface area contributed by atoms with Crippen LogP contribution in [0, 0.1) is 12.7 Å². The minimum Gasteiger partial charge on any atom is -0.444 e. The van der Waals surface area contributed by atoms with Crippen molar-refractivity contribution < 1.29 is 18.7 Å². The molecular weight excluding hydrogens is 419 g/mol. The highest BCUT2D eigenvalue weighted by atomic mass is 35.5. The molecule has 166 valence electrons. The first-order valence-corrected chi connectivity index (χ1v) is 10.7. The van der Waals surface area contributed by atoms with Gasteiger partial charge >= 0.3 is 6.09 Å². The van der Waals surface area contributed by atoms with Crippen LogP contribution in [0.4, 0.5) is 9.18 Å². The largest absolute Gasteiger partial charge is 0.444 e. The Morgan fingerprint density at radius 2 is 1.84 bits per heavy atom. The third-order valence-electron chi connectivity index (χ3n) is 5.32. The van der Waals surface area contributed by atoms with Crippen molar-refractivity contribution in [2.75, 3.05) is 13.1 Å². The summed E-state index contributed by atoms with van der Waals surface area (Å²) >= 11 is 5.92. The van der Waals surface area contributed by atoms with Gasteiger partial charge in [0.25, 0.3) is 5.91 Å². The first-order chi connectivity index (χ1) is 14.5. The molecule has 2 aromatic carbocycles. The second-order valence-electron chi connectivity index (χ2n) is 8.91. The standard InChI is InChI=1S/C24H28ClFN2O3/c1-15-13-18(26)9-10-19(15)20-14-28(23(30)31-24(2,3)4)12-11-21(20)27-22(29)16-5-7-17(25)8-6-16/h5-10,13,20-21H,11-12,14H2,1-4H3,(H,27,29). The number of likely N-dealkylation sites (tertiary alicyclic amines) is 1. The number of aryl methyl sites for hydroxylation is 1. The number of carbonyl (C=O) groups excluding carboxylic acids is 2. The van der Waals surface area contributed by atoms with Gasteiger partial charge in [0, 0.05) is 35.6 Å². The monoisotopic (exact) mass is 446 g/mol. The van der Waals surface area contributed by atoms with Gasteiger partial charge < -0.3 is 15.0 Å². The van der Waals surface area contributed by atoms with Gasteiger partial charge in [0.2, 0.25) is 0 Å². The molecule has 0 spiro atoms. The molecule has 1 fully saturated rings. The molecule has 1 N–H and O–H groups in total. The van der Waals surface area contributed by atoms with Gasteiger partial charge in [0.1, 0.15) is 11.4 Å². The minimum atomic E-state index is -0.599. The average Bonchev–Trinajstić information content (AvgIpc) is 2.67. The second-order valence-corrected chi connectivity index (χ2v) is 9.35. The normalized spacial score (nSPS) is 19.1. The fraction of sp³-hybridized carbons (Fsp3) is 0.417. The minimum absolute atomic E-state index is 0.196. The van der Waals surface area contributed by atoms with Crippen molar-refractivity contribution >= 4 is 23.6 Å². The zero-order valence-electron chi connectivity index (χ0n) is 18.2. The van der Waals surface area contributed by atoms with Crippen molar-refractivity contribution in [3.63, 3.8) is 0 Å². The number of nitrogens with one attached hydrogen (secondary N) is 1. The van der Waals surface area contributed by atoms with Crippen LogP contribution in [-0.2, 0) is 4.74 Å². The summed E-state index contributed by atoms with van der Waals surface area (Å²) in [4.78, 5) is 27.1. The van der Waals surface area contributed by atoms with Gasteiger partial charge in [-0.25, -0.2) is 9.18 Å². The summed E-state index contributed by atoms with van der Waals surface area (Å²) in [5.41, 5.74) is 1.59.